The number of hydrogen-bond acceptors (Lipinski definition) is 4. The molecule has 0 amide bonds. The number of hydroxylamine groups is 4. The van der Waals surface area contributed by atoms with Gasteiger partial charge in [0, 0.05) is 16.5 Å². The van der Waals surface area contributed by atoms with Crippen LogP contribution in [0.4, 0.5) is 0 Å². The first-order chi connectivity index (χ1) is 10.7. The number of rotatable bonds is 0. The molecule has 1 aliphatic carbocycles. The molecule has 0 spiro atoms. The largest absolute Gasteiger partial charge is 0.289 e. The molecule has 0 aromatic carbocycles. The van der Waals surface area contributed by atoms with E-state index < -0.39 is 0 Å². The number of fused-ring (bicyclic) bond motifs is 1. The normalized spacial score (nSPS) is 45.9. The fourth-order valence-electron chi connectivity index (χ4n) is 4.75. The van der Waals surface area contributed by atoms with Gasteiger partial charge in [0.2, 0.25) is 0 Å². The summed E-state index contributed by atoms with van der Waals surface area (Å²) < 4.78 is 0. The van der Waals surface area contributed by atoms with Gasteiger partial charge in [-0.1, -0.05) is 19.1 Å². The van der Waals surface area contributed by atoms with Crippen LogP contribution in [0.2, 0.25) is 0 Å². The Balaban J connectivity index is 1.81. The summed E-state index contributed by atoms with van der Waals surface area (Å²) >= 11 is 0. The van der Waals surface area contributed by atoms with Crippen LogP contribution in [0.15, 0.2) is 12.2 Å². The molecule has 2 bridgehead atoms. The molecule has 3 saturated heterocycles. The van der Waals surface area contributed by atoms with Crippen molar-refractivity contribution in [1.29, 1.82) is 0 Å². The van der Waals surface area contributed by atoms with Crippen molar-refractivity contribution in [2.75, 3.05) is 0 Å². The highest BCUT2D eigenvalue weighted by Gasteiger charge is 2.59. The molecule has 4 aliphatic heterocycles. The van der Waals surface area contributed by atoms with Crippen LogP contribution in [0, 0.1) is 5.41 Å². The van der Waals surface area contributed by atoms with Crippen molar-refractivity contribution >= 4 is 0 Å². The summed E-state index contributed by atoms with van der Waals surface area (Å²) in [6.45, 7) is 11.7. The highest BCUT2D eigenvalue weighted by molar-refractivity contribution is 5.07. The molecule has 0 aromatic rings. The van der Waals surface area contributed by atoms with Crippen molar-refractivity contribution in [3.8, 4) is 0 Å². The maximum Gasteiger partial charge on any atom is 0.117 e. The zero-order valence-corrected chi connectivity index (χ0v) is 15.3. The molecule has 4 nitrogen and oxygen atoms in total. The second-order valence-electron chi connectivity index (χ2n) is 9.55. The molecule has 4 heterocycles. The number of piperidine rings is 2. The van der Waals surface area contributed by atoms with Crippen molar-refractivity contribution in [2.45, 2.75) is 103 Å². The predicted octanol–water partition coefficient (Wildman–Crippen LogP) is 4.03. The average molecular weight is 320 g/mol. The summed E-state index contributed by atoms with van der Waals surface area (Å²) in [6.07, 6.45) is 11.9. The van der Waals surface area contributed by atoms with Crippen LogP contribution in [-0.2, 0) is 9.68 Å². The minimum absolute atomic E-state index is 0.0372. The van der Waals surface area contributed by atoms with Gasteiger partial charge in [-0.15, -0.1) is 0 Å². The van der Waals surface area contributed by atoms with E-state index in [1.54, 1.807) is 0 Å². The van der Waals surface area contributed by atoms with Gasteiger partial charge in [-0.05, 0) is 66.2 Å². The Morgan fingerprint density at radius 1 is 0.739 bits per heavy atom. The first-order valence-corrected chi connectivity index (χ1v) is 9.32. The lowest BCUT2D eigenvalue weighted by atomic mass is 9.66. The van der Waals surface area contributed by atoms with Gasteiger partial charge in [0.15, 0.2) is 0 Å². The molecule has 3 fully saturated rings. The lowest BCUT2D eigenvalue weighted by Crippen LogP contribution is -2.72. The van der Waals surface area contributed by atoms with E-state index in [0.717, 1.165) is 12.8 Å². The van der Waals surface area contributed by atoms with E-state index in [9.17, 15) is 0 Å². The van der Waals surface area contributed by atoms with Crippen molar-refractivity contribution in [1.82, 2.24) is 10.1 Å². The Hall–Kier alpha value is -0.420. The first-order valence-electron chi connectivity index (χ1n) is 9.32. The summed E-state index contributed by atoms with van der Waals surface area (Å²) in [5.74, 6) is 0. The van der Waals surface area contributed by atoms with E-state index in [4.69, 9.17) is 9.68 Å². The smallest absolute Gasteiger partial charge is 0.117 e. The molecule has 0 saturated carbocycles. The molecule has 0 radical (unpaired) electrons. The lowest BCUT2D eigenvalue weighted by molar-refractivity contribution is -0.401. The predicted molar refractivity (Wildman–Crippen MR) is 90.3 cm³/mol. The maximum absolute atomic E-state index is 6.60. The molecule has 23 heavy (non-hydrogen) atoms. The third kappa shape index (κ3) is 2.50. The van der Waals surface area contributed by atoms with Crippen LogP contribution >= 0.6 is 0 Å². The van der Waals surface area contributed by atoms with E-state index in [1.165, 1.54) is 25.7 Å². The fraction of sp³-hybridized carbons (Fsp3) is 0.895. The topological polar surface area (TPSA) is 24.9 Å². The standard InChI is InChI=1S/C19H32N2O2/c1-17(2)10-12-19(5)13-11-18(3,4)21-16(19)20(17)22-14-6-8-15(23-21)9-7-14/h6,8,14-16H,7,9-13H2,1-5H3. The van der Waals surface area contributed by atoms with Crippen molar-refractivity contribution in [3.05, 3.63) is 12.2 Å². The lowest BCUT2D eigenvalue weighted by Gasteiger charge is -2.63. The van der Waals surface area contributed by atoms with Crippen molar-refractivity contribution in [2.24, 2.45) is 5.41 Å². The number of hydrogen-bond donors (Lipinski definition) is 0. The average Bonchev–Trinajstić information content (AvgIpc) is 2.63. The molecule has 0 N–H and O–H groups in total. The SMILES string of the molecule is CC12CCC(C)(C)N3OC4C=CC(CC4)ON(C31)C(C)(C)CC2. The highest BCUT2D eigenvalue weighted by Crippen LogP contribution is 2.54. The molecule has 0 aromatic heterocycles. The minimum Gasteiger partial charge on any atom is -0.289 e. The van der Waals surface area contributed by atoms with Crippen molar-refractivity contribution < 1.29 is 9.68 Å². The second-order valence-corrected chi connectivity index (χ2v) is 9.55. The van der Waals surface area contributed by atoms with Crippen LogP contribution in [-0.4, -0.2) is 39.6 Å². The molecule has 2 unspecified atom stereocenters. The molecule has 5 aliphatic rings. The van der Waals surface area contributed by atoms with Crippen molar-refractivity contribution in [3.63, 3.8) is 0 Å². The molecule has 130 valence electrons. The van der Waals surface area contributed by atoms with Gasteiger partial charge in [0.1, 0.15) is 6.17 Å². The van der Waals surface area contributed by atoms with Crippen LogP contribution in [0.3, 0.4) is 0 Å². The van der Waals surface area contributed by atoms with Gasteiger partial charge in [-0.3, -0.25) is 9.68 Å². The zero-order valence-electron chi connectivity index (χ0n) is 15.3. The zero-order chi connectivity index (χ0) is 16.5. The summed E-state index contributed by atoms with van der Waals surface area (Å²) in [5, 5.41) is 4.61. The van der Waals surface area contributed by atoms with E-state index in [2.05, 4.69) is 56.9 Å². The van der Waals surface area contributed by atoms with E-state index >= 15 is 0 Å². The van der Waals surface area contributed by atoms with Gasteiger partial charge >= 0.3 is 0 Å². The molecular formula is C19H32N2O2. The summed E-state index contributed by atoms with van der Waals surface area (Å²) in [4.78, 5) is 13.2. The van der Waals surface area contributed by atoms with Gasteiger partial charge in [-0.25, -0.2) is 0 Å². The van der Waals surface area contributed by atoms with Gasteiger partial charge in [-0.2, -0.15) is 10.1 Å². The Kier molecular flexibility index (Phi) is 3.52. The van der Waals surface area contributed by atoms with Gasteiger partial charge in [0.05, 0.1) is 12.2 Å². The van der Waals surface area contributed by atoms with E-state index in [0.29, 0.717) is 0 Å². The van der Waals surface area contributed by atoms with Gasteiger partial charge < -0.3 is 0 Å². The maximum atomic E-state index is 6.60. The third-order valence-corrected chi connectivity index (χ3v) is 6.65. The number of nitrogens with zero attached hydrogens (tertiary/aromatic N) is 2. The summed E-state index contributed by atoms with van der Waals surface area (Å²) in [6, 6.07) is 0. The van der Waals surface area contributed by atoms with E-state index in [1.807, 2.05) is 0 Å². The molecular weight excluding hydrogens is 288 g/mol. The fourth-order valence-corrected chi connectivity index (χ4v) is 4.75. The highest BCUT2D eigenvalue weighted by atomic mass is 16.7. The molecule has 5 rings (SSSR count). The minimum atomic E-state index is 0.0372. The Morgan fingerprint density at radius 2 is 1.17 bits per heavy atom. The van der Waals surface area contributed by atoms with Gasteiger partial charge in [0.25, 0.3) is 0 Å². The van der Waals surface area contributed by atoms with Crippen LogP contribution in [0.25, 0.3) is 0 Å². The Morgan fingerprint density at radius 3 is 1.57 bits per heavy atom. The van der Waals surface area contributed by atoms with Crippen LogP contribution < -0.4 is 0 Å². The summed E-state index contributed by atoms with van der Waals surface area (Å²) in [7, 11) is 0. The van der Waals surface area contributed by atoms with Crippen LogP contribution in [0.1, 0.15) is 73.1 Å². The molecule has 4 heteroatoms. The first kappa shape index (κ1) is 16.1. The Labute approximate surface area is 140 Å². The third-order valence-electron chi connectivity index (χ3n) is 6.65. The molecule has 2 atom stereocenters. The Bertz CT molecular complexity index is 473. The van der Waals surface area contributed by atoms with Crippen LogP contribution in [0.5, 0.6) is 0 Å². The second kappa shape index (κ2) is 5.04. The quantitative estimate of drug-likeness (QED) is 0.629. The summed E-state index contributed by atoms with van der Waals surface area (Å²) in [5.41, 5.74) is 0.305. The van der Waals surface area contributed by atoms with E-state index in [-0.39, 0.29) is 34.9 Å². The monoisotopic (exact) mass is 320 g/mol.